The third-order valence-corrected chi connectivity index (χ3v) is 2.60. The summed E-state index contributed by atoms with van der Waals surface area (Å²) < 4.78 is 4.98. The molecule has 0 radical (unpaired) electrons. The molecule has 0 fully saturated rings. The Morgan fingerprint density at radius 3 is 2.65 bits per heavy atom. The first-order valence-electron chi connectivity index (χ1n) is 5.77. The van der Waals surface area contributed by atoms with Gasteiger partial charge in [-0.1, -0.05) is 0 Å². The maximum Gasteiger partial charge on any atom is 0.371 e. The Balaban J connectivity index is 2.04. The highest BCUT2D eigenvalue weighted by atomic mass is 16.4. The normalized spacial score (nSPS) is 10.2. The Kier molecular flexibility index (Phi) is 3.69. The molecule has 20 heavy (non-hydrogen) atoms. The van der Waals surface area contributed by atoms with Crippen molar-refractivity contribution in [3.63, 3.8) is 0 Å². The number of aromatic carboxylic acids is 1. The number of furan rings is 1. The maximum absolute atomic E-state index is 11.8. The third-order valence-electron chi connectivity index (χ3n) is 2.60. The molecule has 0 aliphatic rings. The van der Waals surface area contributed by atoms with Gasteiger partial charge in [0, 0.05) is 5.69 Å². The van der Waals surface area contributed by atoms with Gasteiger partial charge in [-0.3, -0.25) is 9.59 Å². The molecule has 0 saturated heterocycles. The molecule has 7 nitrogen and oxygen atoms in total. The van der Waals surface area contributed by atoms with Crippen LogP contribution in [0.25, 0.3) is 0 Å². The fraction of sp³-hybridized carbons (Fsp3) is 0.154. The van der Waals surface area contributed by atoms with Crippen LogP contribution in [0.4, 0.5) is 0 Å². The van der Waals surface area contributed by atoms with Crippen LogP contribution in [0.15, 0.2) is 33.5 Å². The van der Waals surface area contributed by atoms with Gasteiger partial charge in [0.15, 0.2) is 0 Å². The number of carbonyl (C=O) groups is 2. The Hall–Kier alpha value is -2.83. The zero-order valence-corrected chi connectivity index (χ0v) is 10.6. The van der Waals surface area contributed by atoms with Crippen LogP contribution in [0.5, 0.6) is 0 Å². The van der Waals surface area contributed by atoms with E-state index in [1.807, 2.05) is 0 Å². The highest BCUT2D eigenvalue weighted by Crippen LogP contribution is 2.07. The summed E-state index contributed by atoms with van der Waals surface area (Å²) in [6, 6.07) is 5.78. The second-order valence-corrected chi connectivity index (χ2v) is 4.14. The lowest BCUT2D eigenvalue weighted by Gasteiger charge is -2.03. The van der Waals surface area contributed by atoms with Crippen LogP contribution in [-0.2, 0) is 6.54 Å². The number of H-pyrrole nitrogens is 1. The van der Waals surface area contributed by atoms with E-state index in [1.165, 1.54) is 18.2 Å². The molecule has 0 aliphatic heterocycles. The minimum atomic E-state index is -1.18. The summed E-state index contributed by atoms with van der Waals surface area (Å²) in [6.45, 7) is 1.71. The van der Waals surface area contributed by atoms with Gasteiger partial charge in [-0.25, -0.2) is 4.79 Å². The summed E-state index contributed by atoms with van der Waals surface area (Å²) >= 11 is 0. The number of rotatable bonds is 4. The topological polar surface area (TPSA) is 112 Å². The molecule has 0 aromatic carbocycles. The van der Waals surface area contributed by atoms with E-state index in [2.05, 4.69) is 10.3 Å². The number of aromatic nitrogens is 1. The van der Waals surface area contributed by atoms with Crippen molar-refractivity contribution >= 4 is 11.9 Å². The van der Waals surface area contributed by atoms with Crippen LogP contribution in [0.1, 0.15) is 32.4 Å². The Morgan fingerprint density at radius 2 is 2.05 bits per heavy atom. The van der Waals surface area contributed by atoms with Crippen molar-refractivity contribution in [2.24, 2.45) is 0 Å². The van der Waals surface area contributed by atoms with Gasteiger partial charge in [0.05, 0.1) is 6.54 Å². The molecule has 0 atom stereocenters. The van der Waals surface area contributed by atoms with Gasteiger partial charge in [-0.2, -0.15) is 0 Å². The van der Waals surface area contributed by atoms with Crippen molar-refractivity contribution in [1.82, 2.24) is 10.3 Å². The molecule has 2 aromatic rings. The van der Waals surface area contributed by atoms with Crippen LogP contribution < -0.4 is 10.9 Å². The Bertz CT molecular complexity index is 714. The van der Waals surface area contributed by atoms with Crippen molar-refractivity contribution in [2.45, 2.75) is 13.5 Å². The predicted octanol–water partition coefficient (Wildman–Crippen LogP) is 0.905. The molecule has 2 aromatic heterocycles. The number of carboxylic acid groups (broad SMARTS) is 1. The highest BCUT2D eigenvalue weighted by molar-refractivity contribution is 5.93. The minimum absolute atomic E-state index is 0.000566. The maximum atomic E-state index is 11.8. The van der Waals surface area contributed by atoms with Gasteiger partial charge in [-0.05, 0) is 31.2 Å². The van der Waals surface area contributed by atoms with Crippen molar-refractivity contribution in [1.29, 1.82) is 0 Å². The molecule has 0 aliphatic carbocycles. The van der Waals surface area contributed by atoms with Crippen molar-refractivity contribution in [2.75, 3.05) is 0 Å². The number of nitrogens with one attached hydrogen (secondary N) is 2. The summed E-state index contributed by atoms with van der Waals surface area (Å²) in [5.74, 6) is -1.65. The molecular weight excluding hydrogens is 264 g/mol. The average Bonchev–Trinajstić information content (AvgIpc) is 2.85. The van der Waals surface area contributed by atoms with Crippen molar-refractivity contribution < 1.29 is 19.1 Å². The molecular formula is C13H12N2O5. The fourth-order valence-corrected chi connectivity index (χ4v) is 1.60. The lowest BCUT2D eigenvalue weighted by Crippen LogP contribution is -2.29. The van der Waals surface area contributed by atoms with Crippen molar-refractivity contribution in [3.8, 4) is 0 Å². The van der Waals surface area contributed by atoms with E-state index in [0.29, 0.717) is 11.5 Å². The number of aryl methyl sites for hydroxylation is 1. The minimum Gasteiger partial charge on any atom is -0.475 e. The lowest BCUT2D eigenvalue weighted by molar-refractivity contribution is 0.0660. The van der Waals surface area contributed by atoms with Gasteiger partial charge >= 0.3 is 5.97 Å². The molecule has 7 heteroatoms. The van der Waals surface area contributed by atoms with Crippen LogP contribution in [-0.4, -0.2) is 22.0 Å². The van der Waals surface area contributed by atoms with Crippen LogP contribution in [0.2, 0.25) is 0 Å². The van der Waals surface area contributed by atoms with Gasteiger partial charge < -0.3 is 19.8 Å². The molecule has 0 bridgehead atoms. The highest BCUT2D eigenvalue weighted by Gasteiger charge is 2.12. The molecule has 1 amide bonds. The summed E-state index contributed by atoms with van der Waals surface area (Å²) in [5, 5.41) is 11.2. The summed E-state index contributed by atoms with van der Waals surface area (Å²) in [6.07, 6.45) is 0. The number of aromatic amines is 1. The first-order valence-corrected chi connectivity index (χ1v) is 5.77. The Morgan fingerprint density at radius 1 is 1.30 bits per heavy atom. The number of amides is 1. The largest absolute Gasteiger partial charge is 0.475 e. The van der Waals surface area contributed by atoms with Crippen molar-refractivity contribution in [3.05, 3.63) is 57.4 Å². The molecule has 0 spiro atoms. The molecule has 2 rings (SSSR count). The SMILES string of the molecule is Cc1ccc(C(=O)NCc2ccc(C(=O)O)o2)c(=O)[nH]1. The molecule has 104 valence electrons. The van der Waals surface area contributed by atoms with E-state index in [0.717, 1.165) is 0 Å². The summed E-state index contributed by atoms with van der Waals surface area (Å²) in [4.78, 5) is 36.5. The van der Waals surface area contributed by atoms with Crippen LogP contribution >= 0.6 is 0 Å². The number of carbonyl (C=O) groups excluding carboxylic acids is 1. The zero-order valence-electron chi connectivity index (χ0n) is 10.6. The van der Waals surface area contributed by atoms with E-state index in [9.17, 15) is 14.4 Å². The van der Waals surface area contributed by atoms with Crippen LogP contribution in [0.3, 0.4) is 0 Å². The second kappa shape index (κ2) is 5.43. The standard InChI is InChI=1S/C13H12N2O5/c1-7-2-4-9(12(17)15-7)11(16)14-6-8-3-5-10(20-8)13(18)19/h2-5H,6H2,1H3,(H,14,16)(H,15,17)(H,18,19). The number of hydrogen-bond acceptors (Lipinski definition) is 4. The molecule has 2 heterocycles. The smallest absolute Gasteiger partial charge is 0.371 e. The van der Waals surface area contributed by atoms with E-state index < -0.39 is 17.4 Å². The van der Waals surface area contributed by atoms with E-state index >= 15 is 0 Å². The quantitative estimate of drug-likeness (QED) is 0.768. The third kappa shape index (κ3) is 2.94. The number of hydrogen-bond donors (Lipinski definition) is 3. The second-order valence-electron chi connectivity index (χ2n) is 4.14. The zero-order chi connectivity index (χ0) is 14.7. The Labute approximate surface area is 113 Å². The summed E-state index contributed by atoms with van der Waals surface area (Å²) in [7, 11) is 0. The average molecular weight is 276 g/mol. The van der Waals surface area contributed by atoms with E-state index in [4.69, 9.17) is 9.52 Å². The van der Waals surface area contributed by atoms with Gasteiger partial charge in [0.1, 0.15) is 11.3 Å². The first kappa shape index (κ1) is 13.6. The number of pyridine rings is 1. The number of carboxylic acids is 1. The van der Waals surface area contributed by atoms with E-state index in [-0.39, 0.29) is 17.9 Å². The van der Waals surface area contributed by atoms with Gasteiger partial charge in [0.25, 0.3) is 11.5 Å². The predicted molar refractivity (Wildman–Crippen MR) is 68.6 cm³/mol. The molecule has 0 saturated carbocycles. The summed E-state index contributed by atoms with van der Waals surface area (Å²) in [5.41, 5.74) is 0.164. The molecule has 0 unspecified atom stereocenters. The van der Waals surface area contributed by atoms with E-state index in [1.54, 1.807) is 13.0 Å². The van der Waals surface area contributed by atoms with Gasteiger partial charge in [-0.15, -0.1) is 0 Å². The monoisotopic (exact) mass is 276 g/mol. The first-order chi connectivity index (χ1) is 9.47. The van der Waals surface area contributed by atoms with Crippen LogP contribution in [0, 0.1) is 6.92 Å². The lowest BCUT2D eigenvalue weighted by atomic mass is 10.2. The molecule has 3 N–H and O–H groups in total. The fourth-order valence-electron chi connectivity index (χ4n) is 1.60. The van der Waals surface area contributed by atoms with Gasteiger partial charge in [0.2, 0.25) is 5.76 Å².